The van der Waals surface area contributed by atoms with Crippen LogP contribution in [0.3, 0.4) is 0 Å². The molecule has 0 fully saturated rings. The smallest absolute Gasteiger partial charge is 0.306 e. The molecule has 0 bridgehead atoms. The maximum atomic E-state index is 12.7. The van der Waals surface area contributed by atoms with E-state index in [-0.39, 0.29) is 31.1 Å². The lowest BCUT2D eigenvalue weighted by molar-refractivity contribution is -0.167. The maximum Gasteiger partial charge on any atom is 0.306 e. The Bertz CT molecular complexity index is 1020. The summed E-state index contributed by atoms with van der Waals surface area (Å²) < 4.78 is 16.6. The molecule has 0 aliphatic heterocycles. The molecule has 1 atom stereocenters. The van der Waals surface area contributed by atoms with E-state index in [0.29, 0.717) is 19.3 Å². The fourth-order valence-electron chi connectivity index (χ4n) is 6.06. The summed E-state index contributed by atoms with van der Waals surface area (Å²) in [5.74, 6) is -0.921. The average Bonchev–Trinajstić information content (AvgIpc) is 3.18. The molecule has 0 amide bonds. The Morgan fingerprint density at radius 3 is 1.16 bits per heavy atom. The predicted molar refractivity (Wildman–Crippen MR) is 233 cm³/mol. The third-order valence-corrected chi connectivity index (χ3v) is 9.51. The molecule has 0 aliphatic carbocycles. The molecular weight excluding hydrogens is 685 g/mol. The second-order valence-corrected chi connectivity index (χ2v) is 14.9. The third-order valence-electron chi connectivity index (χ3n) is 9.51. The van der Waals surface area contributed by atoms with Gasteiger partial charge in [0.05, 0.1) is 0 Å². The van der Waals surface area contributed by atoms with Crippen molar-refractivity contribution in [3.05, 3.63) is 60.8 Å². The Labute approximate surface area is 339 Å². The fourth-order valence-corrected chi connectivity index (χ4v) is 6.06. The van der Waals surface area contributed by atoms with E-state index < -0.39 is 6.10 Å². The molecule has 0 spiro atoms. The van der Waals surface area contributed by atoms with Crippen LogP contribution in [-0.4, -0.2) is 37.2 Å². The standard InChI is InChI=1S/C49H84O6/c1-4-7-10-13-16-18-20-22-24-25-26-28-29-31-33-36-39-42-48(51)54-45-46(44-53-47(50)41-38-35-15-12-9-6-3)55-49(52)43-40-37-34-32-30-27-23-21-19-17-14-11-8-5-2/h7,10,14,16-18,21-24,46H,4-6,8-9,11-13,15,19-20,25-45H2,1-3H3/b10-7-,17-14-,18-16-,23-21-,24-22-. The third kappa shape index (κ3) is 42.1. The van der Waals surface area contributed by atoms with Gasteiger partial charge in [-0.25, -0.2) is 0 Å². The van der Waals surface area contributed by atoms with Gasteiger partial charge in [-0.15, -0.1) is 0 Å². The lowest BCUT2D eigenvalue weighted by atomic mass is 10.1. The van der Waals surface area contributed by atoms with E-state index in [4.69, 9.17) is 14.2 Å². The summed E-state index contributed by atoms with van der Waals surface area (Å²) in [7, 11) is 0. The minimum atomic E-state index is -0.780. The summed E-state index contributed by atoms with van der Waals surface area (Å²) in [6, 6.07) is 0. The molecule has 0 heterocycles. The summed E-state index contributed by atoms with van der Waals surface area (Å²) in [6.07, 6.45) is 52.2. The number of allylic oxidation sites excluding steroid dienone is 10. The minimum Gasteiger partial charge on any atom is -0.462 e. The van der Waals surface area contributed by atoms with Crippen LogP contribution in [0.4, 0.5) is 0 Å². The van der Waals surface area contributed by atoms with E-state index in [1.807, 2.05) is 0 Å². The summed E-state index contributed by atoms with van der Waals surface area (Å²) in [6.45, 7) is 6.39. The van der Waals surface area contributed by atoms with Crippen LogP contribution < -0.4 is 0 Å². The lowest BCUT2D eigenvalue weighted by Gasteiger charge is -2.18. The van der Waals surface area contributed by atoms with Gasteiger partial charge in [-0.3, -0.25) is 14.4 Å². The normalized spacial score (nSPS) is 12.6. The highest BCUT2D eigenvalue weighted by molar-refractivity contribution is 5.71. The second-order valence-electron chi connectivity index (χ2n) is 14.9. The van der Waals surface area contributed by atoms with Crippen molar-refractivity contribution >= 4 is 17.9 Å². The van der Waals surface area contributed by atoms with Gasteiger partial charge in [0.15, 0.2) is 6.10 Å². The van der Waals surface area contributed by atoms with Crippen LogP contribution >= 0.6 is 0 Å². The van der Waals surface area contributed by atoms with Crippen LogP contribution in [-0.2, 0) is 28.6 Å². The van der Waals surface area contributed by atoms with Crippen molar-refractivity contribution in [2.45, 2.75) is 219 Å². The van der Waals surface area contributed by atoms with Gasteiger partial charge in [0.1, 0.15) is 13.2 Å². The van der Waals surface area contributed by atoms with Gasteiger partial charge in [-0.1, -0.05) is 178 Å². The van der Waals surface area contributed by atoms with Gasteiger partial charge in [0.2, 0.25) is 0 Å². The fraction of sp³-hybridized carbons (Fsp3) is 0.735. The Morgan fingerprint density at radius 2 is 0.727 bits per heavy atom. The van der Waals surface area contributed by atoms with Crippen molar-refractivity contribution in [3.8, 4) is 0 Å². The largest absolute Gasteiger partial charge is 0.462 e. The van der Waals surface area contributed by atoms with Crippen molar-refractivity contribution in [3.63, 3.8) is 0 Å². The molecule has 55 heavy (non-hydrogen) atoms. The molecular formula is C49H84O6. The zero-order chi connectivity index (χ0) is 40.1. The van der Waals surface area contributed by atoms with Crippen molar-refractivity contribution in [1.82, 2.24) is 0 Å². The number of ether oxygens (including phenoxy) is 3. The summed E-state index contributed by atoms with van der Waals surface area (Å²) in [5, 5.41) is 0. The van der Waals surface area contributed by atoms with E-state index in [0.717, 1.165) is 109 Å². The van der Waals surface area contributed by atoms with E-state index in [1.54, 1.807) is 0 Å². The van der Waals surface area contributed by atoms with Crippen LogP contribution in [0.15, 0.2) is 60.8 Å². The second kappa shape index (κ2) is 43.8. The molecule has 0 saturated carbocycles. The molecule has 1 unspecified atom stereocenters. The zero-order valence-corrected chi connectivity index (χ0v) is 35.9. The Morgan fingerprint density at radius 1 is 0.382 bits per heavy atom. The quantitative estimate of drug-likeness (QED) is 0.0267. The van der Waals surface area contributed by atoms with Crippen LogP contribution in [0.2, 0.25) is 0 Å². The van der Waals surface area contributed by atoms with Crippen molar-refractivity contribution in [1.29, 1.82) is 0 Å². The topological polar surface area (TPSA) is 78.9 Å². The number of hydrogen-bond donors (Lipinski definition) is 0. The number of rotatable bonds is 40. The first-order valence-corrected chi connectivity index (χ1v) is 22.8. The lowest BCUT2D eigenvalue weighted by Crippen LogP contribution is -2.30. The van der Waals surface area contributed by atoms with Gasteiger partial charge in [0, 0.05) is 19.3 Å². The molecule has 0 aromatic heterocycles. The molecule has 6 nitrogen and oxygen atoms in total. The SMILES string of the molecule is CC/C=C\C/C=C\C/C=C\CCCCCCCCCC(=O)OCC(COC(=O)CCCCCCCC)OC(=O)CCCCCCC/C=C\C/C=C\CCCC. The van der Waals surface area contributed by atoms with Crippen molar-refractivity contribution in [2.24, 2.45) is 0 Å². The Balaban J connectivity index is 4.30. The predicted octanol–water partition coefficient (Wildman–Crippen LogP) is 14.5. The first-order valence-electron chi connectivity index (χ1n) is 22.8. The summed E-state index contributed by atoms with van der Waals surface area (Å²) >= 11 is 0. The van der Waals surface area contributed by atoms with E-state index in [9.17, 15) is 14.4 Å². The molecule has 0 saturated heterocycles. The molecule has 316 valence electrons. The van der Waals surface area contributed by atoms with Crippen LogP contribution in [0, 0.1) is 0 Å². The van der Waals surface area contributed by atoms with Gasteiger partial charge in [0.25, 0.3) is 0 Å². The number of carbonyl (C=O) groups is 3. The maximum absolute atomic E-state index is 12.7. The Hall–Kier alpha value is -2.89. The summed E-state index contributed by atoms with van der Waals surface area (Å²) in [5.41, 5.74) is 0. The molecule has 0 rings (SSSR count). The Kier molecular flexibility index (Phi) is 41.5. The van der Waals surface area contributed by atoms with E-state index in [1.165, 1.54) is 64.2 Å². The highest BCUT2D eigenvalue weighted by atomic mass is 16.6. The van der Waals surface area contributed by atoms with Gasteiger partial charge in [-0.2, -0.15) is 0 Å². The molecule has 0 N–H and O–H groups in total. The van der Waals surface area contributed by atoms with Crippen LogP contribution in [0.1, 0.15) is 213 Å². The highest BCUT2D eigenvalue weighted by Crippen LogP contribution is 2.13. The number of hydrogen-bond acceptors (Lipinski definition) is 6. The van der Waals surface area contributed by atoms with Gasteiger partial charge < -0.3 is 14.2 Å². The monoisotopic (exact) mass is 769 g/mol. The number of unbranched alkanes of at least 4 members (excludes halogenated alkanes) is 19. The molecule has 0 aromatic rings. The average molecular weight is 769 g/mol. The van der Waals surface area contributed by atoms with E-state index >= 15 is 0 Å². The molecule has 0 aliphatic rings. The number of esters is 3. The number of carbonyl (C=O) groups excluding carboxylic acids is 3. The van der Waals surface area contributed by atoms with Crippen LogP contribution in [0.5, 0.6) is 0 Å². The molecule has 0 radical (unpaired) electrons. The molecule has 6 heteroatoms. The minimum absolute atomic E-state index is 0.0838. The van der Waals surface area contributed by atoms with Crippen LogP contribution in [0.25, 0.3) is 0 Å². The van der Waals surface area contributed by atoms with Gasteiger partial charge in [-0.05, 0) is 77.0 Å². The van der Waals surface area contributed by atoms with Gasteiger partial charge >= 0.3 is 17.9 Å². The highest BCUT2D eigenvalue weighted by Gasteiger charge is 2.19. The summed E-state index contributed by atoms with van der Waals surface area (Å²) in [4.78, 5) is 37.6. The van der Waals surface area contributed by atoms with Crippen molar-refractivity contribution in [2.75, 3.05) is 13.2 Å². The van der Waals surface area contributed by atoms with E-state index in [2.05, 4.69) is 81.5 Å². The first-order chi connectivity index (χ1) is 27.0. The molecule has 0 aromatic carbocycles. The zero-order valence-electron chi connectivity index (χ0n) is 35.9. The first kappa shape index (κ1) is 52.1. The van der Waals surface area contributed by atoms with Crippen molar-refractivity contribution < 1.29 is 28.6 Å².